The fourth-order valence-corrected chi connectivity index (χ4v) is 1.96. The Hall–Kier alpha value is -0.970. The number of nitrogen functional groups attached to an aromatic ring is 1. The second kappa shape index (κ2) is 4.70. The van der Waals surface area contributed by atoms with Gasteiger partial charge in [-0.05, 0) is 18.2 Å². The second-order valence-corrected chi connectivity index (χ2v) is 3.82. The lowest BCUT2D eigenvalue weighted by atomic mass is 10.2. The smallest absolute Gasteiger partial charge is 0.0660 e. The molecule has 0 aliphatic carbocycles. The maximum atomic E-state index is 6.16. The van der Waals surface area contributed by atoms with Crippen molar-refractivity contribution in [1.29, 1.82) is 0 Å². The third kappa shape index (κ3) is 2.34. The Morgan fingerprint density at radius 1 is 1.33 bits per heavy atom. The lowest BCUT2D eigenvalue weighted by molar-refractivity contribution is 0.122. The normalized spacial score (nSPS) is 16.5. The van der Waals surface area contributed by atoms with Crippen LogP contribution in [-0.2, 0) is 4.74 Å². The first-order valence-corrected chi connectivity index (χ1v) is 5.28. The summed E-state index contributed by atoms with van der Waals surface area (Å²) in [5.41, 5.74) is 4.43. The van der Waals surface area contributed by atoms with Gasteiger partial charge in [-0.25, -0.2) is 0 Å². The van der Waals surface area contributed by atoms with Gasteiger partial charge in [0.25, 0.3) is 0 Å². The highest BCUT2D eigenvalue weighted by Crippen LogP contribution is 2.28. The molecule has 0 amide bonds. The molecule has 1 saturated heterocycles. The SMILES string of the molecule is NNc1ccc(N2CCOCC2)c(Cl)c1. The summed E-state index contributed by atoms with van der Waals surface area (Å²) in [5, 5.41) is 0.715. The van der Waals surface area contributed by atoms with E-state index in [1.807, 2.05) is 18.2 Å². The van der Waals surface area contributed by atoms with Gasteiger partial charge in [-0.15, -0.1) is 0 Å². The van der Waals surface area contributed by atoms with E-state index in [-0.39, 0.29) is 0 Å². The van der Waals surface area contributed by atoms with Gasteiger partial charge in [-0.1, -0.05) is 11.6 Å². The van der Waals surface area contributed by atoms with Crippen LogP contribution >= 0.6 is 11.6 Å². The molecule has 0 radical (unpaired) electrons. The molecule has 0 aromatic heterocycles. The molecular formula is C10H14ClN3O. The van der Waals surface area contributed by atoms with Crippen LogP contribution in [0, 0.1) is 0 Å². The molecule has 5 heteroatoms. The molecular weight excluding hydrogens is 214 g/mol. The number of morpholine rings is 1. The third-order valence-electron chi connectivity index (χ3n) is 2.47. The minimum Gasteiger partial charge on any atom is -0.378 e. The standard InChI is InChI=1S/C10H14ClN3O/c11-9-7-8(13-12)1-2-10(9)14-3-5-15-6-4-14/h1-2,7,13H,3-6,12H2. The van der Waals surface area contributed by atoms with Gasteiger partial charge < -0.3 is 15.1 Å². The number of hydrogen-bond acceptors (Lipinski definition) is 4. The number of nitrogens with one attached hydrogen (secondary N) is 1. The Morgan fingerprint density at radius 3 is 2.67 bits per heavy atom. The van der Waals surface area contributed by atoms with Crippen molar-refractivity contribution in [2.75, 3.05) is 36.6 Å². The zero-order valence-electron chi connectivity index (χ0n) is 8.37. The molecule has 0 spiro atoms. The molecule has 1 heterocycles. The largest absolute Gasteiger partial charge is 0.378 e. The minimum absolute atomic E-state index is 0.715. The van der Waals surface area contributed by atoms with Crippen LogP contribution in [0.1, 0.15) is 0 Å². The van der Waals surface area contributed by atoms with Crippen molar-refractivity contribution >= 4 is 23.0 Å². The molecule has 1 aromatic rings. The average molecular weight is 228 g/mol. The molecule has 15 heavy (non-hydrogen) atoms. The molecule has 3 N–H and O–H groups in total. The van der Waals surface area contributed by atoms with Crippen molar-refractivity contribution in [3.05, 3.63) is 23.2 Å². The van der Waals surface area contributed by atoms with Crippen molar-refractivity contribution in [3.63, 3.8) is 0 Å². The van der Waals surface area contributed by atoms with E-state index in [2.05, 4.69) is 10.3 Å². The summed E-state index contributed by atoms with van der Waals surface area (Å²) >= 11 is 6.16. The number of halogens is 1. The molecule has 2 rings (SSSR count). The van der Waals surface area contributed by atoms with Gasteiger partial charge in [0.1, 0.15) is 0 Å². The molecule has 0 unspecified atom stereocenters. The lowest BCUT2D eigenvalue weighted by Crippen LogP contribution is -2.36. The van der Waals surface area contributed by atoms with Crippen molar-refractivity contribution in [3.8, 4) is 0 Å². The first-order valence-electron chi connectivity index (χ1n) is 4.90. The van der Waals surface area contributed by atoms with E-state index in [0.29, 0.717) is 5.02 Å². The van der Waals surface area contributed by atoms with E-state index in [9.17, 15) is 0 Å². The molecule has 1 aromatic carbocycles. The summed E-state index contributed by atoms with van der Waals surface area (Å²) in [6.45, 7) is 3.28. The average Bonchev–Trinajstić information content (AvgIpc) is 2.30. The summed E-state index contributed by atoms with van der Waals surface area (Å²) in [6, 6.07) is 5.71. The topological polar surface area (TPSA) is 50.5 Å². The maximum absolute atomic E-state index is 6.16. The minimum atomic E-state index is 0.715. The quantitative estimate of drug-likeness (QED) is 0.593. The summed E-state index contributed by atoms with van der Waals surface area (Å²) in [6.07, 6.45) is 0. The number of rotatable bonds is 2. The zero-order valence-corrected chi connectivity index (χ0v) is 9.13. The van der Waals surface area contributed by atoms with Crippen molar-refractivity contribution in [1.82, 2.24) is 0 Å². The molecule has 1 fully saturated rings. The lowest BCUT2D eigenvalue weighted by Gasteiger charge is -2.29. The van der Waals surface area contributed by atoms with Crippen LogP contribution < -0.4 is 16.2 Å². The van der Waals surface area contributed by atoms with Gasteiger partial charge in [0.05, 0.1) is 29.6 Å². The second-order valence-electron chi connectivity index (χ2n) is 3.41. The highest BCUT2D eigenvalue weighted by atomic mass is 35.5. The van der Waals surface area contributed by atoms with Gasteiger partial charge in [0.15, 0.2) is 0 Å². The van der Waals surface area contributed by atoms with Crippen molar-refractivity contribution < 1.29 is 4.74 Å². The third-order valence-corrected chi connectivity index (χ3v) is 2.77. The molecule has 1 aliphatic heterocycles. The number of ether oxygens (including phenoxy) is 1. The van der Waals surface area contributed by atoms with Gasteiger partial charge in [-0.3, -0.25) is 5.84 Å². The Morgan fingerprint density at radius 2 is 2.07 bits per heavy atom. The fraction of sp³-hybridized carbons (Fsp3) is 0.400. The molecule has 0 bridgehead atoms. The summed E-state index contributed by atoms with van der Waals surface area (Å²) in [4.78, 5) is 2.21. The number of benzene rings is 1. The Bertz CT molecular complexity index is 339. The van der Waals surface area contributed by atoms with Crippen LogP contribution in [0.3, 0.4) is 0 Å². The summed E-state index contributed by atoms with van der Waals surface area (Å²) in [5.74, 6) is 5.30. The monoisotopic (exact) mass is 227 g/mol. The number of nitrogens with zero attached hydrogens (tertiary/aromatic N) is 1. The molecule has 4 nitrogen and oxygen atoms in total. The van der Waals surface area contributed by atoms with E-state index >= 15 is 0 Å². The van der Waals surface area contributed by atoms with Crippen LogP contribution in [0.4, 0.5) is 11.4 Å². The van der Waals surface area contributed by atoms with Gasteiger partial charge in [0.2, 0.25) is 0 Å². The fourth-order valence-electron chi connectivity index (χ4n) is 1.66. The van der Waals surface area contributed by atoms with Crippen molar-refractivity contribution in [2.24, 2.45) is 5.84 Å². The predicted molar refractivity (Wildman–Crippen MR) is 62.3 cm³/mol. The number of hydrazine groups is 1. The van der Waals surface area contributed by atoms with E-state index in [1.165, 1.54) is 0 Å². The van der Waals surface area contributed by atoms with Crippen LogP contribution in [-0.4, -0.2) is 26.3 Å². The molecule has 1 aliphatic rings. The zero-order chi connectivity index (χ0) is 10.7. The van der Waals surface area contributed by atoms with E-state index in [1.54, 1.807) is 0 Å². The Labute approximate surface area is 93.9 Å². The first kappa shape index (κ1) is 10.5. The van der Waals surface area contributed by atoms with Gasteiger partial charge in [-0.2, -0.15) is 0 Å². The first-order chi connectivity index (χ1) is 7.31. The van der Waals surface area contributed by atoms with E-state index < -0.39 is 0 Å². The van der Waals surface area contributed by atoms with Crippen LogP contribution in [0.2, 0.25) is 5.02 Å². The number of hydrogen-bond donors (Lipinski definition) is 2. The van der Waals surface area contributed by atoms with E-state index in [0.717, 1.165) is 37.7 Å². The van der Waals surface area contributed by atoms with Gasteiger partial charge >= 0.3 is 0 Å². The van der Waals surface area contributed by atoms with Crippen LogP contribution in [0.5, 0.6) is 0 Å². The number of nitrogens with two attached hydrogens (primary N) is 1. The Balaban J connectivity index is 2.19. The van der Waals surface area contributed by atoms with Crippen LogP contribution in [0.15, 0.2) is 18.2 Å². The number of anilines is 2. The summed E-state index contributed by atoms with van der Waals surface area (Å²) in [7, 11) is 0. The van der Waals surface area contributed by atoms with E-state index in [4.69, 9.17) is 22.2 Å². The highest BCUT2D eigenvalue weighted by molar-refractivity contribution is 6.33. The summed E-state index contributed by atoms with van der Waals surface area (Å²) < 4.78 is 5.29. The van der Waals surface area contributed by atoms with Crippen LogP contribution in [0.25, 0.3) is 0 Å². The Kier molecular flexibility index (Phi) is 3.30. The molecule has 0 atom stereocenters. The molecule has 0 saturated carbocycles. The van der Waals surface area contributed by atoms with Crippen molar-refractivity contribution in [2.45, 2.75) is 0 Å². The maximum Gasteiger partial charge on any atom is 0.0660 e. The highest BCUT2D eigenvalue weighted by Gasteiger charge is 2.13. The van der Waals surface area contributed by atoms with Gasteiger partial charge in [0, 0.05) is 13.1 Å². The molecule has 82 valence electrons. The predicted octanol–water partition coefficient (Wildman–Crippen LogP) is 1.46.